The lowest BCUT2D eigenvalue weighted by Crippen LogP contribution is -2.47. The molecule has 1 fully saturated rings. The number of aryl methyl sites for hydroxylation is 3. The monoisotopic (exact) mass is 412 g/mol. The fourth-order valence-corrected chi connectivity index (χ4v) is 3.97. The van der Waals surface area contributed by atoms with E-state index in [1.54, 1.807) is 14.2 Å². The van der Waals surface area contributed by atoms with Crippen LogP contribution in [-0.2, 0) is 20.0 Å². The Hall–Kier alpha value is -3.07. The van der Waals surface area contributed by atoms with Gasteiger partial charge in [-0.1, -0.05) is 19.1 Å². The van der Waals surface area contributed by atoms with E-state index < -0.39 is 11.2 Å². The van der Waals surface area contributed by atoms with Gasteiger partial charge in [0, 0.05) is 39.8 Å². The lowest BCUT2D eigenvalue weighted by molar-refractivity contribution is 0.269. The quantitative estimate of drug-likeness (QED) is 0.645. The molecule has 160 valence electrons. The van der Waals surface area contributed by atoms with Crippen molar-refractivity contribution in [2.75, 3.05) is 44.7 Å². The normalized spacial score (nSPS) is 15.1. The number of nitrogens with zero attached hydrogens (tertiary/aromatic N) is 5. The van der Waals surface area contributed by atoms with Crippen molar-refractivity contribution >= 4 is 17.1 Å². The summed E-state index contributed by atoms with van der Waals surface area (Å²) < 4.78 is 8.60. The maximum Gasteiger partial charge on any atom is 0.329 e. The van der Waals surface area contributed by atoms with Crippen LogP contribution in [0.1, 0.15) is 12.5 Å². The number of nitrogens with one attached hydrogen (secondary N) is 1. The van der Waals surface area contributed by atoms with Crippen LogP contribution in [0.25, 0.3) is 11.2 Å². The first-order chi connectivity index (χ1) is 14.5. The fraction of sp³-hybridized carbons (Fsp3) is 0.476. The molecule has 0 amide bonds. The number of fused-ring (bicyclic) bond motifs is 1. The summed E-state index contributed by atoms with van der Waals surface area (Å²) in [5.41, 5.74) is 1.16. The van der Waals surface area contributed by atoms with Gasteiger partial charge in [-0.25, -0.2) is 4.79 Å². The molecule has 0 aliphatic carbocycles. The minimum atomic E-state index is -0.449. The van der Waals surface area contributed by atoms with E-state index >= 15 is 0 Å². The summed E-state index contributed by atoms with van der Waals surface area (Å²) in [6.07, 6.45) is 0.736. The Balaban J connectivity index is 1.72. The number of aromatic amines is 1. The molecule has 4 rings (SSSR count). The molecule has 0 radical (unpaired) electrons. The number of hydrogen-bond donors (Lipinski definition) is 1. The lowest BCUT2D eigenvalue weighted by atomic mass is 10.1. The van der Waals surface area contributed by atoms with E-state index in [0.717, 1.165) is 56.4 Å². The first-order valence-corrected chi connectivity index (χ1v) is 10.3. The van der Waals surface area contributed by atoms with E-state index in [0.29, 0.717) is 17.7 Å². The number of benzene rings is 1. The molecule has 2 aromatic heterocycles. The molecule has 1 aliphatic rings. The zero-order valence-corrected chi connectivity index (χ0v) is 17.7. The Morgan fingerprint density at radius 2 is 1.80 bits per heavy atom. The highest BCUT2D eigenvalue weighted by Gasteiger charge is 2.24. The second kappa shape index (κ2) is 8.35. The third-order valence-electron chi connectivity index (χ3n) is 5.87. The lowest BCUT2D eigenvalue weighted by Gasteiger charge is -2.34. The van der Waals surface area contributed by atoms with E-state index in [1.165, 1.54) is 4.57 Å². The molecule has 0 unspecified atom stereocenters. The average Bonchev–Trinajstić information content (AvgIpc) is 3.16. The zero-order valence-electron chi connectivity index (χ0n) is 17.7. The van der Waals surface area contributed by atoms with Crippen LogP contribution in [0.15, 0.2) is 33.9 Å². The smallest absolute Gasteiger partial charge is 0.329 e. The summed E-state index contributed by atoms with van der Waals surface area (Å²) in [5, 5.41) is 0. The van der Waals surface area contributed by atoms with Crippen molar-refractivity contribution in [2.45, 2.75) is 19.9 Å². The molecule has 3 aromatic rings. The van der Waals surface area contributed by atoms with Crippen molar-refractivity contribution in [2.24, 2.45) is 7.05 Å². The number of aromatic nitrogens is 4. The molecule has 0 bridgehead atoms. The van der Waals surface area contributed by atoms with Gasteiger partial charge in [0.15, 0.2) is 11.2 Å². The van der Waals surface area contributed by atoms with E-state index in [4.69, 9.17) is 9.72 Å². The number of rotatable bonds is 6. The summed E-state index contributed by atoms with van der Waals surface area (Å²) in [6, 6.07) is 7.92. The first kappa shape index (κ1) is 20.2. The molecule has 0 spiro atoms. The molecule has 0 atom stereocenters. The number of methoxy groups -OCH3 is 1. The summed E-state index contributed by atoms with van der Waals surface area (Å²) in [6.45, 7) is 7.36. The predicted octanol–water partition coefficient (Wildman–Crippen LogP) is 0.817. The minimum absolute atomic E-state index is 0.395. The Kier molecular flexibility index (Phi) is 5.63. The van der Waals surface area contributed by atoms with Crippen molar-refractivity contribution < 1.29 is 4.74 Å². The Labute approximate surface area is 174 Å². The molecule has 1 aromatic carbocycles. The maximum absolute atomic E-state index is 12.7. The molecule has 9 nitrogen and oxygen atoms in total. The summed E-state index contributed by atoms with van der Waals surface area (Å²) >= 11 is 0. The minimum Gasteiger partial charge on any atom is -0.497 e. The van der Waals surface area contributed by atoms with Crippen LogP contribution in [-0.4, -0.2) is 63.8 Å². The van der Waals surface area contributed by atoms with Crippen molar-refractivity contribution in [1.82, 2.24) is 24.0 Å². The maximum atomic E-state index is 12.7. The molecular formula is C21H28N6O3. The molecule has 1 aliphatic heterocycles. The number of piperazine rings is 1. The molecule has 0 saturated carbocycles. The third kappa shape index (κ3) is 3.72. The van der Waals surface area contributed by atoms with Crippen LogP contribution >= 0.6 is 0 Å². The predicted molar refractivity (Wildman–Crippen MR) is 117 cm³/mol. The number of likely N-dealkylation sites (N-methyl/N-ethyl adjacent to an activating group) is 1. The molecule has 1 saturated heterocycles. The van der Waals surface area contributed by atoms with Gasteiger partial charge >= 0.3 is 5.69 Å². The highest BCUT2D eigenvalue weighted by Crippen LogP contribution is 2.22. The van der Waals surface area contributed by atoms with Gasteiger partial charge in [-0.2, -0.15) is 4.98 Å². The van der Waals surface area contributed by atoms with Gasteiger partial charge in [0.05, 0.1) is 7.11 Å². The average molecular weight is 412 g/mol. The zero-order chi connectivity index (χ0) is 21.3. The summed E-state index contributed by atoms with van der Waals surface area (Å²) in [7, 11) is 3.29. The van der Waals surface area contributed by atoms with Gasteiger partial charge in [0.25, 0.3) is 5.56 Å². The van der Waals surface area contributed by atoms with E-state index in [9.17, 15) is 9.59 Å². The topological polar surface area (TPSA) is 88.4 Å². The van der Waals surface area contributed by atoms with Crippen LogP contribution < -0.4 is 20.9 Å². The van der Waals surface area contributed by atoms with Gasteiger partial charge in [0.1, 0.15) is 5.75 Å². The Morgan fingerprint density at radius 3 is 2.43 bits per heavy atom. The Bertz CT molecular complexity index is 1140. The number of imidazole rings is 1. The highest BCUT2D eigenvalue weighted by molar-refractivity contribution is 5.74. The van der Waals surface area contributed by atoms with Gasteiger partial charge < -0.3 is 19.1 Å². The molecular weight excluding hydrogens is 384 g/mol. The van der Waals surface area contributed by atoms with Crippen molar-refractivity contribution in [1.29, 1.82) is 0 Å². The standard InChI is InChI=1S/C21H28N6O3/c1-4-25-11-13-26(14-12-25)20-22-18-17(19(28)23-21(29)24(18)2)27(20)10-9-15-5-7-16(30-3)8-6-15/h5-8H,4,9-14H2,1-3H3,(H,23,28,29). The van der Waals surface area contributed by atoms with Crippen LogP contribution in [0.4, 0.5) is 5.95 Å². The van der Waals surface area contributed by atoms with Crippen LogP contribution in [0.2, 0.25) is 0 Å². The van der Waals surface area contributed by atoms with Crippen LogP contribution in [0, 0.1) is 0 Å². The summed E-state index contributed by atoms with van der Waals surface area (Å²) in [5.74, 6) is 1.56. The van der Waals surface area contributed by atoms with Crippen LogP contribution in [0.3, 0.4) is 0 Å². The van der Waals surface area contributed by atoms with Crippen LogP contribution in [0.5, 0.6) is 5.75 Å². The van der Waals surface area contributed by atoms with E-state index in [1.807, 2.05) is 28.8 Å². The van der Waals surface area contributed by atoms with E-state index in [-0.39, 0.29) is 0 Å². The largest absolute Gasteiger partial charge is 0.497 e. The van der Waals surface area contributed by atoms with Gasteiger partial charge in [-0.05, 0) is 30.7 Å². The van der Waals surface area contributed by atoms with Gasteiger partial charge in [-0.3, -0.25) is 14.3 Å². The third-order valence-corrected chi connectivity index (χ3v) is 5.87. The first-order valence-electron chi connectivity index (χ1n) is 10.3. The fourth-order valence-electron chi connectivity index (χ4n) is 3.97. The van der Waals surface area contributed by atoms with E-state index in [2.05, 4.69) is 21.7 Å². The molecule has 3 heterocycles. The number of ether oxygens (including phenoxy) is 1. The second-order valence-corrected chi connectivity index (χ2v) is 7.57. The molecule has 9 heteroatoms. The van der Waals surface area contributed by atoms with Gasteiger partial charge in [-0.15, -0.1) is 0 Å². The Morgan fingerprint density at radius 1 is 1.10 bits per heavy atom. The highest BCUT2D eigenvalue weighted by atomic mass is 16.5. The number of anilines is 1. The number of H-pyrrole nitrogens is 1. The second-order valence-electron chi connectivity index (χ2n) is 7.57. The van der Waals surface area contributed by atoms with Gasteiger partial charge in [0.2, 0.25) is 5.95 Å². The molecule has 30 heavy (non-hydrogen) atoms. The van der Waals surface area contributed by atoms with Crippen molar-refractivity contribution in [3.63, 3.8) is 0 Å². The number of hydrogen-bond acceptors (Lipinski definition) is 6. The van der Waals surface area contributed by atoms with Crippen molar-refractivity contribution in [3.05, 3.63) is 50.7 Å². The molecule has 1 N–H and O–H groups in total. The summed E-state index contributed by atoms with van der Waals surface area (Å²) in [4.78, 5) is 36.5. The SMILES string of the molecule is CCN1CCN(c2nc3c(c(=O)[nH]c(=O)n3C)n2CCc2ccc(OC)cc2)CC1. The van der Waals surface area contributed by atoms with Crippen molar-refractivity contribution in [3.8, 4) is 5.75 Å².